The summed E-state index contributed by atoms with van der Waals surface area (Å²) < 4.78 is 0. The fourth-order valence-corrected chi connectivity index (χ4v) is 4.06. The maximum Gasteiger partial charge on any atom is 0.139 e. The van der Waals surface area contributed by atoms with Crippen LogP contribution in [0.5, 0.6) is 0 Å². The minimum absolute atomic E-state index is 0.682. The van der Waals surface area contributed by atoms with Gasteiger partial charge in [-0.2, -0.15) is 0 Å². The minimum atomic E-state index is 0.682. The first kappa shape index (κ1) is 16.4. The highest BCUT2D eigenvalue weighted by atomic mass is 35.5. The average molecular weight is 389 g/mol. The first-order chi connectivity index (χ1) is 13.2. The van der Waals surface area contributed by atoms with Gasteiger partial charge in [0.15, 0.2) is 0 Å². The van der Waals surface area contributed by atoms with E-state index < -0.39 is 0 Å². The van der Waals surface area contributed by atoms with Crippen molar-refractivity contribution in [1.82, 2.24) is 9.97 Å². The summed E-state index contributed by atoms with van der Waals surface area (Å²) in [4.78, 5) is 8.29. The number of imidazole rings is 1. The van der Waals surface area contributed by atoms with Gasteiger partial charge < -0.3 is 4.98 Å². The molecule has 0 unspecified atom stereocenters. The number of hydrogen-bond donors (Lipinski definition) is 1. The highest BCUT2D eigenvalue weighted by Crippen LogP contribution is 2.42. The topological polar surface area (TPSA) is 28.7 Å². The maximum absolute atomic E-state index is 6.63. The highest BCUT2D eigenvalue weighted by Gasteiger charge is 2.18. The molecular weight excluding hydrogens is 375 g/mol. The fourth-order valence-electron chi connectivity index (χ4n) is 3.55. The van der Waals surface area contributed by atoms with E-state index >= 15 is 0 Å². The molecule has 5 aromatic rings. The van der Waals surface area contributed by atoms with Gasteiger partial charge in [0.05, 0.1) is 11.0 Å². The van der Waals surface area contributed by atoms with Crippen LogP contribution >= 0.6 is 23.2 Å². The second-order valence-electron chi connectivity index (χ2n) is 6.41. The molecule has 1 aromatic heterocycles. The molecule has 0 atom stereocenters. The molecule has 0 amide bonds. The number of fused-ring (bicyclic) bond motifs is 2. The summed E-state index contributed by atoms with van der Waals surface area (Å²) in [6, 6.07) is 25.9. The van der Waals surface area contributed by atoms with Crippen molar-refractivity contribution in [3.63, 3.8) is 0 Å². The molecule has 27 heavy (non-hydrogen) atoms. The van der Waals surface area contributed by atoms with Crippen molar-refractivity contribution < 1.29 is 0 Å². The molecule has 0 aliphatic rings. The summed E-state index contributed by atoms with van der Waals surface area (Å²) in [7, 11) is 0. The number of nitrogens with one attached hydrogen (secondary N) is 1. The predicted octanol–water partition coefficient (Wildman–Crippen LogP) is 7.36. The summed E-state index contributed by atoms with van der Waals surface area (Å²) in [5.41, 5.74) is 4.82. The van der Waals surface area contributed by atoms with Crippen molar-refractivity contribution in [2.24, 2.45) is 0 Å². The molecule has 0 spiro atoms. The second kappa shape index (κ2) is 6.41. The van der Waals surface area contributed by atoms with Crippen LogP contribution in [0.15, 0.2) is 78.9 Å². The van der Waals surface area contributed by atoms with E-state index in [0.29, 0.717) is 10.0 Å². The Morgan fingerprint density at radius 2 is 1.37 bits per heavy atom. The van der Waals surface area contributed by atoms with Gasteiger partial charge in [0, 0.05) is 26.6 Å². The lowest BCUT2D eigenvalue weighted by molar-refractivity contribution is 1.35. The van der Waals surface area contributed by atoms with Gasteiger partial charge in [0.25, 0.3) is 0 Å². The third kappa shape index (κ3) is 2.69. The molecule has 0 saturated heterocycles. The quantitative estimate of drug-likeness (QED) is 0.336. The lowest BCUT2D eigenvalue weighted by Gasteiger charge is -2.14. The largest absolute Gasteiger partial charge is 0.338 e. The number of hydrogen-bond acceptors (Lipinski definition) is 1. The van der Waals surface area contributed by atoms with Crippen molar-refractivity contribution in [3.8, 4) is 22.5 Å². The van der Waals surface area contributed by atoms with E-state index in [1.54, 1.807) is 0 Å². The summed E-state index contributed by atoms with van der Waals surface area (Å²) >= 11 is 13.2. The molecular formula is C23H14Cl2N2. The van der Waals surface area contributed by atoms with Gasteiger partial charge >= 0.3 is 0 Å². The van der Waals surface area contributed by atoms with Crippen molar-refractivity contribution in [2.45, 2.75) is 0 Å². The van der Waals surface area contributed by atoms with Crippen LogP contribution in [0.3, 0.4) is 0 Å². The molecule has 1 heterocycles. The molecule has 4 heteroatoms. The molecule has 4 aromatic carbocycles. The van der Waals surface area contributed by atoms with Gasteiger partial charge in [-0.15, -0.1) is 0 Å². The molecule has 0 bridgehead atoms. The lowest BCUT2D eigenvalue weighted by Crippen LogP contribution is -1.91. The number of H-pyrrole nitrogens is 1. The zero-order valence-corrected chi connectivity index (χ0v) is 15.7. The highest BCUT2D eigenvalue weighted by molar-refractivity contribution is 6.37. The number of benzene rings is 4. The zero-order valence-electron chi connectivity index (χ0n) is 14.2. The molecule has 1 N–H and O–H groups in total. The van der Waals surface area contributed by atoms with Crippen molar-refractivity contribution >= 4 is 45.0 Å². The molecule has 130 valence electrons. The van der Waals surface area contributed by atoms with Crippen LogP contribution in [0.25, 0.3) is 44.3 Å². The molecule has 0 fully saturated rings. The normalized spacial score (nSPS) is 11.3. The first-order valence-corrected chi connectivity index (χ1v) is 9.39. The van der Waals surface area contributed by atoms with E-state index in [2.05, 4.69) is 11.1 Å². The van der Waals surface area contributed by atoms with Crippen LogP contribution in [0.1, 0.15) is 0 Å². The summed E-state index contributed by atoms with van der Waals surface area (Å²) in [5.74, 6) is 0.805. The summed E-state index contributed by atoms with van der Waals surface area (Å²) in [5, 5.41) is 3.41. The zero-order chi connectivity index (χ0) is 18.4. The van der Waals surface area contributed by atoms with Gasteiger partial charge in [0.2, 0.25) is 0 Å². The molecule has 5 rings (SSSR count). The number of halogens is 2. The van der Waals surface area contributed by atoms with E-state index in [1.807, 2.05) is 72.8 Å². The van der Waals surface area contributed by atoms with Gasteiger partial charge in [0.1, 0.15) is 5.82 Å². The number of rotatable bonds is 2. The third-order valence-electron chi connectivity index (χ3n) is 4.78. The maximum atomic E-state index is 6.63. The number of aromatic amines is 1. The van der Waals surface area contributed by atoms with Crippen molar-refractivity contribution in [3.05, 3.63) is 88.9 Å². The standard InChI is InChI=1S/C23H14Cl2N2/c24-18-10-4-3-8-15(18)17-13-19(25)14-7-1-2-9-16(14)22(17)23-26-20-11-5-6-12-21(20)27-23/h1-13H,(H,26,27). The molecule has 0 saturated carbocycles. The van der Waals surface area contributed by atoms with E-state index in [4.69, 9.17) is 28.2 Å². The van der Waals surface area contributed by atoms with Crippen LogP contribution in [0.4, 0.5) is 0 Å². The van der Waals surface area contributed by atoms with Crippen LogP contribution in [-0.2, 0) is 0 Å². The van der Waals surface area contributed by atoms with Gasteiger partial charge in [-0.3, -0.25) is 0 Å². The van der Waals surface area contributed by atoms with Crippen LogP contribution in [-0.4, -0.2) is 9.97 Å². The SMILES string of the molecule is Clc1ccccc1-c1cc(Cl)c2ccccc2c1-c1nc2ccccc2[nH]1. The van der Waals surface area contributed by atoms with Crippen molar-refractivity contribution in [2.75, 3.05) is 0 Å². The van der Waals surface area contributed by atoms with Crippen LogP contribution < -0.4 is 0 Å². The Kier molecular flexibility index (Phi) is 3.89. The molecule has 0 radical (unpaired) electrons. The Bertz CT molecular complexity index is 1270. The average Bonchev–Trinajstić information content (AvgIpc) is 3.12. The summed E-state index contributed by atoms with van der Waals surface area (Å²) in [6.45, 7) is 0. The Morgan fingerprint density at radius 3 is 2.19 bits per heavy atom. The van der Waals surface area contributed by atoms with Crippen LogP contribution in [0.2, 0.25) is 10.0 Å². The van der Waals surface area contributed by atoms with Crippen molar-refractivity contribution in [1.29, 1.82) is 0 Å². The Labute approximate surface area is 166 Å². The number of aromatic nitrogens is 2. The fraction of sp³-hybridized carbons (Fsp3) is 0. The minimum Gasteiger partial charge on any atom is -0.338 e. The second-order valence-corrected chi connectivity index (χ2v) is 7.22. The Hall–Kier alpha value is -2.81. The van der Waals surface area contributed by atoms with E-state index in [9.17, 15) is 0 Å². The summed E-state index contributed by atoms with van der Waals surface area (Å²) in [6.07, 6.45) is 0. The molecule has 2 nitrogen and oxygen atoms in total. The number of para-hydroxylation sites is 2. The third-order valence-corrected chi connectivity index (χ3v) is 5.43. The lowest BCUT2D eigenvalue weighted by atomic mass is 9.93. The van der Waals surface area contributed by atoms with Gasteiger partial charge in [-0.25, -0.2) is 4.98 Å². The first-order valence-electron chi connectivity index (χ1n) is 8.63. The number of nitrogens with zero attached hydrogens (tertiary/aromatic N) is 1. The van der Waals surface area contributed by atoms with E-state index in [-0.39, 0.29) is 0 Å². The van der Waals surface area contributed by atoms with Gasteiger partial charge in [-0.05, 0) is 35.2 Å². The monoisotopic (exact) mass is 388 g/mol. The van der Waals surface area contributed by atoms with Crippen LogP contribution in [0, 0.1) is 0 Å². The Morgan fingerprint density at radius 1 is 0.667 bits per heavy atom. The predicted molar refractivity (Wildman–Crippen MR) is 114 cm³/mol. The molecule has 0 aliphatic carbocycles. The smallest absolute Gasteiger partial charge is 0.139 e. The molecule has 0 aliphatic heterocycles. The van der Waals surface area contributed by atoms with E-state index in [1.165, 1.54) is 0 Å². The van der Waals surface area contributed by atoms with E-state index in [0.717, 1.165) is 44.3 Å². The Balaban J connectivity index is 1.92. The van der Waals surface area contributed by atoms with Gasteiger partial charge in [-0.1, -0.05) is 77.8 Å².